The first-order valence-electron chi connectivity index (χ1n) is 12.9. The van der Waals surface area contributed by atoms with Crippen molar-refractivity contribution in [1.29, 1.82) is 10.7 Å². The van der Waals surface area contributed by atoms with E-state index in [9.17, 15) is 19.6 Å². The molecule has 1 fully saturated rings. The minimum absolute atomic E-state index is 0.0945. The fourth-order valence-corrected chi connectivity index (χ4v) is 5.08. The van der Waals surface area contributed by atoms with Gasteiger partial charge >= 0.3 is 0 Å². The first-order chi connectivity index (χ1) is 18.7. The third-order valence-electron chi connectivity index (χ3n) is 6.96. The van der Waals surface area contributed by atoms with Gasteiger partial charge in [-0.1, -0.05) is 23.7 Å². The first kappa shape index (κ1) is 30.4. The van der Waals surface area contributed by atoms with Gasteiger partial charge in [-0.2, -0.15) is 5.26 Å². The van der Waals surface area contributed by atoms with Crippen LogP contribution in [0.1, 0.15) is 68.1 Å². The summed E-state index contributed by atoms with van der Waals surface area (Å²) in [6.07, 6.45) is 2.53. The van der Waals surface area contributed by atoms with Gasteiger partial charge in [0.1, 0.15) is 11.8 Å². The molecule has 0 spiro atoms. The zero-order chi connectivity index (χ0) is 29.8. The van der Waals surface area contributed by atoms with Crippen LogP contribution in [0, 0.1) is 29.1 Å². The molecule has 210 valence electrons. The number of nitrogens with one attached hydrogen (secondary N) is 2. The maximum atomic E-state index is 13.8. The van der Waals surface area contributed by atoms with Gasteiger partial charge in [-0.3, -0.25) is 14.4 Å². The van der Waals surface area contributed by atoms with Crippen molar-refractivity contribution in [3.8, 4) is 11.8 Å². The molecule has 2 aromatic carbocycles. The number of halogens is 1. The number of nitrogens with two attached hydrogens (primary N) is 1. The molecule has 9 nitrogen and oxygen atoms in total. The number of ether oxygens (including phenoxy) is 1. The highest BCUT2D eigenvalue weighted by Gasteiger charge is 2.46. The van der Waals surface area contributed by atoms with E-state index in [2.05, 4.69) is 11.4 Å². The second-order valence-corrected chi connectivity index (χ2v) is 11.0. The van der Waals surface area contributed by atoms with Crippen molar-refractivity contribution >= 4 is 35.0 Å². The number of primary amides is 1. The number of allylic oxidation sites excluding steroid dienone is 1. The summed E-state index contributed by atoms with van der Waals surface area (Å²) in [6, 6.07) is 12.8. The van der Waals surface area contributed by atoms with Crippen LogP contribution in [0.5, 0.6) is 5.75 Å². The summed E-state index contributed by atoms with van der Waals surface area (Å²) in [5.74, 6) is -1.47. The van der Waals surface area contributed by atoms with Crippen LogP contribution in [0.25, 0.3) is 0 Å². The number of carbonyl (C=O) groups is 3. The molecule has 1 saturated heterocycles. The van der Waals surface area contributed by atoms with E-state index >= 15 is 0 Å². The van der Waals surface area contributed by atoms with Crippen LogP contribution in [0.2, 0.25) is 5.02 Å². The molecule has 1 aliphatic rings. The maximum Gasteiger partial charge on any atom is 0.284 e. The molecule has 0 aromatic heterocycles. The van der Waals surface area contributed by atoms with E-state index in [4.69, 9.17) is 27.5 Å². The van der Waals surface area contributed by atoms with Crippen molar-refractivity contribution in [2.75, 3.05) is 0 Å². The molecule has 3 rings (SSSR count). The number of benzene rings is 2. The number of nitriles is 1. The number of rotatable bonds is 9. The first-order valence-corrected chi connectivity index (χ1v) is 13.3. The van der Waals surface area contributed by atoms with E-state index in [1.807, 2.05) is 32.0 Å². The molecule has 4 N–H and O–H groups in total. The van der Waals surface area contributed by atoms with Crippen LogP contribution in [-0.4, -0.2) is 40.4 Å². The van der Waals surface area contributed by atoms with Gasteiger partial charge in [0, 0.05) is 22.4 Å². The summed E-state index contributed by atoms with van der Waals surface area (Å²) in [6.45, 7) is 8.44. The van der Waals surface area contributed by atoms with Crippen LogP contribution >= 0.6 is 11.6 Å². The van der Waals surface area contributed by atoms with Crippen molar-refractivity contribution < 1.29 is 19.1 Å². The summed E-state index contributed by atoms with van der Waals surface area (Å²) < 4.78 is 5.57. The third kappa shape index (κ3) is 6.88. The molecule has 1 heterocycles. The number of nitrogens with zero attached hydrogens (tertiary/aromatic N) is 2. The molecule has 3 atom stereocenters. The fourth-order valence-electron chi connectivity index (χ4n) is 4.88. The smallest absolute Gasteiger partial charge is 0.284 e. The molecular formula is C30H34ClN5O4. The van der Waals surface area contributed by atoms with Crippen molar-refractivity contribution in [2.45, 2.75) is 65.6 Å². The van der Waals surface area contributed by atoms with Crippen LogP contribution in [0.15, 0.2) is 54.3 Å². The molecule has 0 unspecified atom stereocenters. The topological polar surface area (TPSA) is 149 Å². The average Bonchev–Trinajstić information content (AvgIpc) is 3.34. The molecule has 3 amide bonds. The molecule has 0 saturated carbocycles. The summed E-state index contributed by atoms with van der Waals surface area (Å²) in [5.41, 5.74) is 6.36. The zero-order valence-electron chi connectivity index (χ0n) is 23.2. The Morgan fingerprint density at radius 1 is 1.25 bits per heavy atom. The Bertz CT molecular complexity index is 1410. The van der Waals surface area contributed by atoms with E-state index in [0.29, 0.717) is 34.7 Å². The highest BCUT2D eigenvalue weighted by atomic mass is 35.5. The molecule has 0 bridgehead atoms. The Kier molecular flexibility index (Phi) is 9.38. The Morgan fingerprint density at radius 2 is 1.95 bits per heavy atom. The summed E-state index contributed by atoms with van der Waals surface area (Å²) in [7, 11) is 0. The van der Waals surface area contributed by atoms with E-state index in [1.54, 1.807) is 30.9 Å². The second-order valence-electron chi connectivity index (χ2n) is 10.6. The van der Waals surface area contributed by atoms with E-state index in [1.165, 1.54) is 25.1 Å². The van der Waals surface area contributed by atoms with Crippen molar-refractivity contribution in [3.05, 3.63) is 76.0 Å². The number of aryl methyl sites for hydroxylation is 1. The van der Waals surface area contributed by atoms with Gasteiger partial charge in [0.05, 0.1) is 23.6 Å². The van der Waals surface area contributed by atoms with Crippen LogP contribution in [0.4, 0.5) is 0 Å². The zero-order valence-corrected chi connectivity index (χ0v) is 24.0. The molecular weight excluding hydrogens is 530 g/mol. The predicted octanol–water partition coefficient (Wildman–Crippen LogP) is 4.84. The monoisotopic (exact) mass is 563 g/mol. The quantitative estimate of drug-likeness (QED) is 0.227. The van der Waals surface area contributed by atoms with E-state index < -0.39 is 23.3 Å². The average molecular weight is 564 g/mol. The van der Waals surface area contributed by atoms with Crippen LogP contribution in [0.3, 0.4) is 0 Å². The summed E-state index contributed by atoms with van der Waals surface area (Å²) in [5, 5.41) is 20.7. The number of amides is 3. The Morgan fingerprint density at radius 3 is 2.52 bits per heavy atom. The van der Waals surface area contributed by atoms with Gasteiger partial charge in [0.15, 0.2) is 5.76 Å². The lowest BCUT2D eigenvalue weighted by Crippen LogP contribution is -2.52. The van der Waals surface area contributed by atoms with Crippen molar-refractivity contribution in [2.24, 2.45) is 11.1 Å². The van der Waals surface area contributed by atoms with Crippen molar-refractivity contribution in [1.82, 2.24) is 10.2 Å². The Hall–Kier alpha value is -4.16. The lowest BCUT2D eigenvalue weighted by molar-refractivity contribution is -0.137. The number of hydrogen-bond donors (Lipinski definition) is 3. The van der Waals surface area contributed by atoms with Gasteiger partial charge in [-0.15, -0.1) is 0 Å². The number of carbonyl (C=O) groups excluding carboxylic acids is 3. The minimum Gasteiger partial charge on any atom is -0.451 e. The predicted molar refractivity (Wildman–Crippen MR) is 153 cm³/mol. The number of hydrogen-bond acceptors (Lipinski definition) is 6. The largest absolute Gasteiger partial charge is 0.451 e. The normalized spacial score (nSPS) is 18.0. The number of likely N-dealkylation sites (tertiary alicyclic amines) is 1. The molecule has 1 aliphatic heterocycles. The van der Waals surface area contributed by atoms with Crippen LogP contribution in [-0.2, 0) is 9.59 Å². The Labute approximate surface area is 239 Å². The molecule has 0 aliphatic carbocycles. The SMILES string of the molecule is CC(=N)/C=C(/Oc1ccc(C(=O)N[C@H](C)C(=O)N2[C@H](c3cccc(Cl)c3)CC[C@@H]2C(C)(C)C#N)cc1C)C(N)=O. The molecule has 0 radical (unpaired) electrons. The van der Waals surface area contributed by atoms with Gasteiger partial charge in [-0.05, 0) is 88.9 Å². The lowest BCUT2D eigenvalue weighted by Gasteiger charge is -2.38. The van der Waals surface area contributed by atoms with Gasteiger partial charge < -0.3 is 26.1 Å². The third-order valence-corrected chi connectivity index (χ3v) is 7.19. The summed E-state index contributed by atoms with van der Waals surface area (Å²) in [4.78, 5) is 40.4. The standard InChI is InChI=1S/C30H34ClN5O4/c1-17-13-21(9-11-24(17)40-25(27(34)37)14-18(2)33)28(38)35-19(3)29(39)36-23(20-7-6-8-22(31)15-20)10-12-26(36)30(4,5)16-32/h6-9,11,13-15,19,23,26,33H,10,12H2,1-5H3,(H2,34,37)(H,35,38)/b25-14+,33-18?/t19-,23+,26-/m1/s1. The van der Waals surface area contributed by atoms with Gasteiger partial charge in [-0.25, -0.2) is 0 Å². The summed E-state index contributed by atoms with van der Waals surface area (Å²) >= 11 is 6.24. The van der Waals surface area contributed by atoms with Crippen molar-refractivity contribution in [3.63, 3.8) is 0 Å². The van der Waals surface area contributed by atoms with E-state index in [-0.39, 0.29) is 29.5 Å². The Balaban J connectivity index is 1.82. The second kappa shape index (κ2) is 12.3. The van der Waals surface area contributed by atoms with E-state index in [0.717, 1.165) is 5.56 Å². The van der Waals surface area contributed by atoms with Gasteiger partial charge in [0.25, 0.3) is 11.8 Å². The molecule has 10 heteroatoms. The fraction of sp³-hybridized carbons (Fsp3) is 0.367. The van der Waals surface area contributed by atoms with Gasteiger partial charge in [0.2, 0.25) is 5.91 Å². The van der Waals surface area contributed by atoms with Crippen LogP contribution < -0.4 is 15.8 Å². The lowest BCUT2D eigenvalue weighted by atomic mass is 9.84. The minimum atomic E-state index is -0.875. The highest BCUT2D eigenvalue weighted by molar-refractivity contribution is 6.30. The highest BCUT2D eigenvalue weighted by Crippen LogP contribution is 2.43. The molecule has 40 heavy (non-hydrogen) atoms. The molecule has 2 aromatic rings. The maximum absolute atomic E-state index is 13.8.